The third-order valence-electron chi connectivity index (χ3n) is 4.88. The van der Waals surface area contributed by atoms with E-state index < -0.39 is 10.0 Å². The Hall–Kier alpha value is -1.85. The van der Waals surface area contributed by atoms with E-state index in [1.807, 2.05) is 50.2 Å². The van der Waals surface area contributed by atoms with Gasteiger partial charge in [0.05, 0.1) is 12.0 Å². The summed E-state index contributed by atoms with van der Waals surface area (Å²) in [5, 5.41) is 0. The quantitative estimate of drug-likeness (QED) is 0.751. The van der Waals surface area contributed by atoms with Crippen LogP contribution in [0.15, 0.2) is 53.4 Å². The average molecular weight is 359 g/mol. The summed E-state index contributed by atoms with van der Waals surface area (Å²) < 4.78 is 33.3. The van der Waals surface area contributed by atoms with Crippen molar-refractivity contribution in [2.24, 2.45) is 5.92 Å². The summed E-state index contributed by atoms with van der Waals surface area (Å²) in [5.74, 6) is 1.23. The highest BCUT2D eigenvalue weighted by Gasteiger charge is 2.38. The first-order valence-electron chi connectivity index (χ1n) is 8.63. The number of nitrogens with zero attached hydrogens (tertiary/aromatic N) is 1. The molecule has 4 nitrogen and oxygen atoms in total. The van der Waals surface area contributed by atoms with Gasteiger partial charge in [0, 0.05) is 12.6 Å². The lowest BCUT2D eigenvalue weighted by molar-refractivity contribution is 0.303. The molecule has 5 heteroatoms. The Labute approximate surface area is 150 Å². The van der Waals surface area contributed by atoms with Gasteiger partial charge in [-0.15, -0.1) is 0 Å². The van der Waals surface area contributed by atoms with Crippen molar-refractivity contribution in [2.75, 3.05) is 7.11 Å². The standard InChI is InChI=1S/C20H25NO3S/c1-15-4-12-20(13-5-15)25(22,23)21(16(2)18-8-9-18)14-17-6-10-19(24-3)11-7-17/h4-7,10-13,16,18H,8-9,14H2,1-3H3. The van der Waals surface area contributed by atoms with Crippen LogP contribution in [-0.2, 0) is 16.6 Å². The molecule has 0 spiro atoms. The highest BCUT2D eigenvalue weighted by molar-refractivity contribution is 7.89. The van der Waals surface area contributed by atoms with E-state index in [1.54, 1.807) is 23.5 Å². The molecule has 0 heterocycles. The van der Waals surface area contributed by atoms with Gasteiger partial charge in [-0.2, -0.15) is 4.31 Å². The fraction of sp³-hybridized carbons (Fsp3) is 0.400. The molecule has 1 aliphatic carbocycles. The lowest BCUT2D eigenvalue weighted by Crippen LogP contribution is -2.39. The Morgan fingerprint density at radius 3 is 2.20 bits per heavy atom. The maximum atomic E-state index is 13.2. The van der Waals surface area contributed by atoms with Gasteiger partial charge in [-0.3, -0.25) is 0 Å². The van der Waals surface area contributed by atoms with Crippen LogP contribution in [0.2, 0.25) is 0 Å². The molecule has 25 heavy (non-hydrogen) atoms. The van der Waals surface area contributed by atoms with Crippen LogP contribution < -0.4 is 4.74 Å². The van der Waals surface area contributed by atoms with Crippen molar-refractivity contribution in [3.05, 3.63) is 59.7 Å². The van der Waals surface area contributed by atoms with Crippen LogP contribution in [0.4, 0.5) is 0 Å². The molecule has 0 amide bonds. The summed E-state index contributed by atoms with van der Waals surface area (Å²) in [7, 11) is -1.91. The van der Waals surface area contributed by atoms with E-state index >= 15 is 0 Å². The van der Waals surface area contributed by atoms with Gasteiger partial charge < -0.3 is 4.74 Å². The lowest BCUT2D eigenvalue weighted by atomic mass is 10.1. The molecule has 3 rings (SSSR count). The molecular formula is C20H25NO3S. The third kappa shape index (κ3) is 4.05. The summed E-state index contributed by atoms with van der Waals surface area (Å²) in [6, 6.07) is 14.7. The highest BCUT2D eigenvalue weighted by Crippen LogP contribution is 2.38. The SMILES string of the molecule is COc1ccc(CN(C(C)C2CC2)S(=O)(=O)c2ccc(C)cc2)cc1. The maximum Gasteiger partial charge on any atom is 0.243 e. The fourth-order valence-corrected chi connectivity index (χ4v) is 4.70. The van der Waals surface area contributed by atoms with Gasteiger partial charge in [-0.1, -0.05) is 29.8 Å². The molecule has 0 aromatic heterocycles. The molecule has 0 aliphatic heterocycles. The van der Waals surface area contributed by atoms with Crippen LogP contribution in [0.3, 0.4) is 0 Å². The number of benzene rings is 2. The first-order chi connectivity index (χ1) is 11.9. The zero-order valence-corrected chi connectivity index (χ0v) is 15.8. The Morgan fingerprint density at radius 1 is 1.08 bits per heavy atom. The van der Waals surface area contributed by atoms with Crippen molar-refractivity contribution < 1.29 is 13.2 Å². The second-order valence-corrected chi connectivity index (χ2v) is 8.68. The molecule has 134 valence electrons. The molecule has 1 fully saturated rings. The molecule has 1 atom stereocenters. The van der Waals surface area contributed by atoms with Crippen LogP contribution in [0, 0.1) is 12.8 Å². The normalized spacial score (nSPS) is 16.0. The number of rotatable bonds is 7. The van der Waals surface area contributed by atoms with Crippen LogP contribution in [0.5, 0.6) is 5.75 Å². The van der Waals surface area contributed by atoms with E-state index in [-0.39, 0.29) is 6.04 Å². The average Bonchev–Trinajstić information content (AvgIpc) is 3.45. The van der Waals surface area contributed by atoms with Gasteiger partial charge in [0.1, 0.15) is 5.75 Å². The predicted molar refractivity (Wildman–Crippen MR) is 99.1 cm³/mol. The number of sulfonamides is 1. The van der Waals surface area contributed by atoms with E-state index in [4.69, 9.17) is 4.74 Å². The predicted octanol–water partition coefficient (Wildman–Crippen LogP) is 3.99. The zero-order valence-electron chi connectivity index (χ0n) is 15.0. The summed E-state index contributed by atoms with van der Waals surface area (Å²) in [6.45, 7) is 4.35. The van der Waals surface area contributed by atoms with Gasteiger partial charge in [-0.25, -0.2) is 8.42 Å². The van der Waals surface area contributed by atoms with E-state index in [0.29, 0.717) is 17.4 Å². The Bertz CT molecular complexity index is 809. The van der Waals surface area contributed by atoms with E-state index in [9.17, 15) is 8.42 Å². The fourth-order valence-electron chi connectivity index (χ4n) is 3.02. The third-order valence-corrected chi connectivity index (χ3v) is 6.83. The van der Waals surface area contributed by atoms with Crippen LogP contribution in [-0.4, -0.2) is 25.9 Å². The monoisotopic (exact) mass is 359 g/mol. The second kappa shape index (κ2) is 7.18. The largest absolute Gasteiger partial charge is 0.497 e. The van der Waals surface area contributed by atoms with Crippen LogP contribution >= 0.6 is 0 Å². The van der Waals surface area contributed by atoms with E-state index in [1.165, 1.54) is 0 Å². The lowest BCUT2D eigenvalue weighted by Gasteiger charge is -2.28. The number of ether oxygens (including phenoxy) is 1. The van der Waals surface area contributed by atoms with Gasteiger partial charge >= 0.3 is 0 Å². The smallest absolute Gasteiger partial charge is 0.243 e. The van der Waals surface area contributed by atoms with Crippen molar-refractivity contribution in [3.8, 4) is 5.75 Å². The van der Waals surface area contributed by atoms with Gasteiger partial charge in [-0.05, 0) is 62.4 Å². The zero-order chi connectivity index (χ0) is 18.0. The number of hydrogen-bond donors (Lipinski definition) is 0. The molecule has 2 aromatic rings. The first kappa shape index (κ1) is 18.0. The molecule has 2 aromatic carbocycles. The van der Waals surface area contributed by atoms with Crippen molar-refractivity contribution in [3.63, 3.8) is 0 Å². The van der Waals surface area contributed by atoms with E-state index in [0.717, 1.165) is 29.7 Å². The van der Waals surface area contributed by atoms with Gasteiger partial charge in [0.25, 0.3) is 0 Å². The topological polar surface area (TPSA) is 46.6 Å². The Kier molecular flexibility index (Phi) is 5.16. The van der Waals surface area contributed by atoms with Gasteiger partial charge in [0.15, 0.2) is 0 Å². The molecule has 1 aliphatic rings. The van der Waals surface area contributed by atoms with Crippen LogP contribution in [0.1, 0.15) is 30.9 Å². The Balaban J connectivity index is 1.91. The molecule has 0 saturated heterocycles. The van der Waals surface area contributed by atoms with Crippen molar-refractivity contribution in [1.82, 2.24) is 4.31 Å². The summed E-state index contributed by atoms with van der Waals surface area (Å²) in [5.41, 5.74) is 2.01. The minimum atomic E-state index is -3.53. The molecule has 0 radical (unpaired) electrons. The van der Waals surface area contributed by atoms with Crippen molar-refractivity contribution in [1.29, 1.82) is 0 Å². The summed E-state index contributed by atoms with van der Waals surface area (Å²) in [6.07, 6.45) is 2.20. The molecule has 1 saturated carbocycles. The van der Waals surface area contributed by atoms with Crippen LogP contribution in [0.25, 0.3) is 0 Å². The summed E-state index contributed by atoms with van der Waals surface area (Å²) in [4.78, 5) is 0.360. The summed E-state index contributed by atoms with van der Waals surface area (Å²) >= 11 is 0. The molecule has 0 bridgehead atoms. The molecule has 1 unspecified atom stereocenters. The Morgan fingerprint density at radius 2 is 1.68 bits per heavy atom. The minimum Gasteiger partial charge on any atom is -0.497 e. The second-order valence-electron chi connectivity index (χ2n) is 6.79. The number of hydrogen-bond acceptors (Lipinski definition) is 3. The molecule has 0 N–H and O–H groups in total. The maximum absolute atomic E-state index is 13.2. The van der Waals surface area contributed by atoms with Crippen molar-refractivity contribution >= 4 is 10.0 Å². The highest BCUT2D eigenvalue weighted by atomic mass is 32.2. The number of methoxy groups -OCH3 is 1. The first-order valence-corrected chi connectivity index (χ1v) is 10.1. The minimum absolute atomic E-state index is 0.00611. The number of aryl methyl sites for hydroxylation is 1. The van der Waals surface area contributed by atoms with Crippen molar-refractivity contribution in [2.45, 2.75) is 44.2 Å². The molecular weight excluding hydrogens is 334 g/mol. The van der Waals surface area contributed by atoms with Gasteiger partial charge in [0.2, 0.25) is 10.0 Å². The van der Waals surface area contributed by atoms with E-state index in [2.05, 4.69) is 0 Å².